The van der Waals surface area contributed by atoms with Crippen LogP contribution in [0.1, 0.15) is 35.3 Å². The van der Waals surface area contributed by atoms with Gasteiger partial charge >= 0.3 is 5.97 Å². The number of hydrogen-bond acceptors (Lipinski definition) is 3. The molecule has 0 bridgehead atoms. The van der Waals surface area contributed by atoms with Crippen LogP contribution < -0.4 is 0 Å². The highest BCUT2D eigenvalue weighted by Crippen LogP contribution is 2.10. The average molecular weight is 309 g/mol. The Kier molecular flexibility index (Phi) is 6.57. The normalized spacial score (nSPS) is 11.1. The molecule has 119 valence electrons. The van der Waals surface area contributed by atoms with Crippen molar-refractivity contribution in [3.63, 3.8) is 0 Å². The standard InChI is InChI=1S/C20H21O3/c1-16(2)22-13-14-23-20(21)19-10-6-9-18(15-19)12-11-17-7-4-3-5-8-17/h3-10,12,15-16H,13-14H2,1-2H3. The molecule has 2 rings (SSSR count). The Morgan fingerprint density at radius 1 is 1.09 bits per heavy atom. The van der Waals surface area contributed by atoms with Gasteiger partial charge in [0, 0.05) is 0 Å². The maximum absolute atomic E-state index is 12.0. The maximum Gasteiger partial charge on any atom is 0.338 e. The van der Waals surface area contributed by atoms with Crippen molar-refractivity contribution in [2.45, 2.75) is 20.0 Å². The van der Waals surface area contributed by atoms with E-state index in [2.05, 4.69) is 6.08 Å². The Bertz CT molecular complexity index is 645. The zero-order valence-electron chi connectivity index (χ0n) is 13.5. The van der Waals surface area contributed by atoms with Crippen LogP contribution in [0.2, 0.25) is 0 Å². The molecule has 23 heavy (non-hydrogen) atoms. The Labute approximate surface area is 137 Å². The third kappa shape index (κ3) is 6.09. The molecule has 3 nitrogen and oxygen atoms in total. The SMILES string of the molecule is CC(C)OCCOC(=O)c1cccc(C=[C]c2ccccc2)c1. The molecule has 1 radical (unpaired) electrons. The first-order valence-corrected chi connectivity index (χ1v) is 7.69. The lowest BCUT2D eigenvalue weighted by Gasteiger charge is -2.08. The Morgan fingerprint density at radius 3 is 2.61 bits per heavy atom. The van der Waals surface area contributed by atoms with E-state index in [4.69, 9.17) is 9.47 Å². The van der Waals surface area contributed by atoms with E-state index in [1.54, 1.807) is 12.1 Å². The lowest BCUT2D eigenvalue weighted by Crippen LogP contribution is -2.13. The van der Waals surface area contributed by atoms with Crippen molar-refractivity contribution in [1.82, 2.24) is 0 Å². The van der Waals surface area contributed by atoms with Crippen LogP contribution in [0.4, 0.5) is 0 Å². The van der Waals surface area contributed by atoms with Crippen molar-refractivity contribution in [1.29, 1.82) is 0 Å². The first-order valence-electron chi connectivity index (χ1n) is 7.69. The van der Waals surface area contributed by atoms with Gasteiger partial charge in [0.1, 0.15) is 6.61 Å². The topological polar surface area (TPSA) is 35.5 Å². The van der Waals surface area contributed by atoms with Crippen molar-refractivity contribution >= 4 is 12.0 Å². The summed E-state index contributed by atoms with van der Waals surface area (Å²) in [5, 5.41) is 0. The second-order valence-corrected chi connectivity index (χ2v) is 5.34. The van der Waals surface area contributed by atoms with Crippen LogP contribution in [-0.4, -0.2) is 25.3 Å². The number of carbonyl (C=O) groups is 1. The fourth-order valence-corrected chi connectivity index (χ4v) is 1.96. The number of benzene rings is 2. The Hall–Kier alpha value is -2.39. The minimum absolute atomic E-state index is 0.135. The van der Waals surface area contributed by atoms with Crippen molar-refractivity contribution in [3.8, 4) is 0 Å². The number of esters is 1. The van der Waals surface area contributed by atoms with Gasteiger partial charge in [-0.25, -0.2) is 4.79 Å². The van der Waals surface area contributed by atoms with Gasteiger partial charge in [-0.2, -0.15) is 0 Å². The zero-order chi connectivity index (χ0) is 16.5. The van der Waals surface area contributed by atoms with Gasteiger partial charge in [0.2, 0.25) is 0 Å². The van der Waals surface area contributed by atoms with Crippen LogP contribution in [0.5, 0.6) is 0 Å². The largest absolute Gasteiger partial charge is 0.460 e. The third-order valence-corrected chi connectivity index (χ3v) is 3.07. The quantitative estimate of drug-likeness (QED) is 0.438. The summed E-state index contributed by atoms with van der Waals surface area (Å²) in [5.41, 5.74) is 2.42. The predicted octanol–water partition coefficient (Wildman–Crippen LogP) is 4.13. The molecule has 0 heterocycles. The van der Waals surface area contributed by atoms with E-state index in [1.165, 1.54) is 0 Å². The molecule has 0 aliphatic rings. The second-order valence-electron chi connectivity index (χ2n) is 5.34. The first-order chi connectivity index (χ1) is 11.1. The highest BCUT2D eigenvalue weighted by atomic mass is 16.6. The van der Waals surface area contributed by atoms with Gasteiger partial charge in [-0.1, -0.05) is 42.5 Å². The van der Waals surface area contributed by atoms with E-state index in [1.807, 2.05) is 62.4 Å². The first kappa shape index (κ1) is 17.0. The van der Waals surface area contributed by atoms with Gasteiger partial charge in [0.15, 0.2) is 0 Å². The summed E-state index contributed by atoms with van der Waals surface area (Å²) in [6, 6.07) is 17.1. The van der Waals surface area contributed by atoms with Crippen molar-refractivity contribution in [2.75, 3.05) is 13.2 Å². The summed E-state index contributed by atoms with van der Waals surface area (Å²) in [5.74, 6) is -0.340. The van der Waals surface area contributed by atoms with Crippen LogP contribution in [0.25, 0.3) is 6.08 Å². The monoisotopic (exact) mass is 309 g/mol. The number of rotatable bonds is 7. The molecule has 2 aromatic carbocycles. The van der Waals surface area contributed by atoms with Crippen molar-refractivity contribution in [2.24, 2.45) is 0 Å². The van der Waals surface area contributed by atoms with E-state index < -0.39 is 0 Å². The van der Waals surface area contributed by atoms with Crippen LogP contribution in [0.15, 0.2) is 54.6 Å². The average Bonchev–Trinajstić information content (AvgIpc) is 2.58. The molecule has 0 saturated carbocycles. The number of hydrogen-bond donors (Lipinski definition) is 0. The van der Waals surface area contributed by atoms with Crippen LogP contribution in [-0.2, 0) is 9.47 Å². The molecule has 0 atom stereocenters. The second kappa shape index (κ2) is 8.91. The Balaban J connectivity index is 1.94. The van der Waals surface area contributed by atoms with E-state index in [0.29, 0.717) is 12.2 Å². The van der Waals surface area contributed by atoms with E-state index in [9.17, 15) is 4.79 Å². The lowest BCUT2D eigenvalue weighted by atomic mass is 10.1. The smallest absolute Gasteiger partial charge is 0.338 e. The maximum atomic E-state index is 12.0. The highest BCUT2D eigenvalue weighted by molar-refractivity contribution is 5.90. The van der Waals surface area contributed by atoms with E-state index in [-0.39, 0.29) is 18.7 Å². The number of ether oxygens (including phenoxy) is 2. The van der Waals surface area contributed by atoms with Gasteiger partial charge < -0.3 is 9.47 Å². The molecule has 0 aromatic heterocycles. The molecule has 0 unspecified atom stereocenters. The third-order valence-electron chi connectivity index (χ3n) is 3.07. The van der Waals surface area contributed by atoms with Crippen LogP contribution >= 0.6 is 0 Å². The number of carbonyl (C=O) groups excluding carboxylic acids is 1. The molecule has 2 aromatic rings. The molecule has 0 amide bonds. The molecule has 0 spiro atoms. The minimum atomic E-state index is -0.340. The molecule has 0 saturated heterocycles. The van der Waals surface area contributed by atoms with Crippen LogP contribution in [0, 0.1) is 6.08 Å². The minimum Gasteiger partial charge on any atom is -0.460 e. The predicted molar refractivity (Wildman–Crippen MR) is 91.1 cm³/mol. The lowest BCUT2D eigenvalue weighted by molar-refractivity contribution is 0.0177. The zero-order valence-corrected chi connectivity index (χ0v) is 13.5. The van der Waals surface area contributed by atoms with Gasteiger partial charge in [0.05, 0.1) is 18.3 Å². The fourth-order valence-electron chi connectivity index (χ4n) is 1.96. The summed E-state index contributed by atoms with van der Waals surface area (Å²) in [6.45, 7) is 4.56. The molecule has 0 N–H and O–H groups in total. The summed E-state index contributed by atoms with van der Waals surface area (Å²) < 4.78 is 10.5. The van der Waals surface area contributed by atoms with Gasteiger partial charge in [-0.05, 0) is 49.3 Å². The molecule has 0 aliphatic carbocycles. The molecule has 0 aliphatic heterocycles. The summed E-state index contributed by atoms with van der Waals surface area (Å²) in [6.07, 6.45) is 5.18. The molecule has 3 heteroatoms. The van der Waals surface area contributed by atoms with Gasteiger partial charge in [-0.3, -0.25) is 0 Å². The fraction of sp³-hybridized carbons (Fsp3) is 0.250. The van der Waals surface area contributed by atoms with Crippen LogP contribution in [0.3, 0.4) is 0 Å². The summed E-state index contributed by atoms with van der Waals surface area (Å²) in [7, 11) is 0. The van der Waals surface area contributed by atoms with Crippen molar-refractivity contribution in [3.05, 3.63) is 77.4 Å². The molecule has 0 fully saturated rings. The summed E-state index contributed by atoms with van der Waals surface area (Å²) in [4.78, 5) is 12.0. The molecular formula is C20H21O3. The highest BCUT2D eigenvalue weighted by Gasteiger charge is 2.07. The van der Waals surface area contributed by atoms with Crippen molar-refractivity contribution < 1.29 is 14.3 Å². The summed E-state index contributed by atoms with van der Waals surface area (Å²) >= 11 is 0. The van der Waals surface area contributed by atoms with E-state index in [0.717, 1.165) is 11.1 Å². The van der Waals surface area contributed by atoms with Gasteiger partial charge in [-0.15, -0.1) is 0 Å². The van der Waals surface area contributed by atoms with E-state index >= 15 is 0 Å². The Morgan fingerprint density at radius 2 is 1.87 bits per heavy atom. The molecular weight excluding hydrogens is 288 g/mol. The van der Waals surface area contributed by atoms with Gasteiger partial charge in [0.25, 0.3) is 0 Å².